The number of pyridine rings is 1. The molecule has 4 nitrogen and oxygen atoms in total. The summed E-state index contributed by atoms with van der Waals surface area (Å²) in [4.78, 5) is 14.4. The van der Waals surface area contributed by atoms with E-state index in [2.05, 4.69) is 9.72 Å². The molecular formula is C11H12F3NO3. The Labute approximate surface area is 101 Å². The molecule has 0 saturated carbocycles. The predicted octanol–water partition coefficient (Wildman–Crippen LogP) is 2.69. The molecule has 0 amide bonds. The van der Waals surface area contributed by atoms with Gasteiger partial charge in [-0.1, -0.05) is 6.92 Å². The summed E-state index contributed by atoms with van der Waals surface area (Å²) in [6, 6.07) is 0.772. The van der Waals surface area contributed by atoms with Crippen molar-refractivity contribution in [1.82, 2.24) is 4.98 Å². The fraction of sp³-hybridized carbons (Fsp3) is 0.455. The van der Waals surface area contributed by atoms with Crippen LogP contribution in [0.4, 0.5) is 13.2 Å². The highest BCUT2D eigenvalue weighted by molar-refractivity contribution is 5.76. The predicted molar refractivity (Wildman–Crippen MR) is 56.5 cm³/mol. The first-order valence-electron chi connectivity index (χ1n) is 5.15. The van der Waals surface area contributed by atoms with Gasteiger partial charge in [-0.3, -0.25) is 4.79 Å². The number of nitrogens with zero attached hydrogens (tertiary/aromatic N) is 1. The number of hydrogen-bond acceptors (Lipinski definition) is 3. The van der Waals surface area contributed by atoms with E-state index in [1.165, 1.54) is 0 Å². The van der Waals surface area contributed by atoms with E-state index >= 15 is 0 Å². The van der Waals surface area contributed by atoms with Crippen LogP contribution in [0.2, 0.25) is 0 Å². The normalized spacial score (nSPS) is 13.2. The fourth-order valence-electron chi connectivity index (χ4n) is 1.58. The van der Waals surface area contributed by atoms with Crippen molar-refractivity contribution in [3.63, 3.8) is 0 Å². The molecule has 1 atom stereocenters. The lowest BCUT2D eigenvalue weighted by Gasteiger charge is -2.15. The summed E-state index contributed by atoms with van der Waals surface area (Å²) in [7, 11) is 1.08. The molecule has 1 N–H and O–H groups in total. The second-order valence-corrected chi connectivity index (χ2v) is 3.62. The Kier molecular flexibility index (Phi) is 4.15. The molecule has 1 heterocycles. The molecule has 0 spiro atoms. The van der Waals surface area contributed by atoms with Gasteiger partial charge in [0, 0.05) is 6.20 Å². The highest BCUT2D eigenvalue weighted by Crippen LogP contribution is 2.36. The van der Waals surface area contributed by atoms with Crippen LogP contribution in [0.25, 0.3) is 0 Å². The van der Waals surface area contributed by atoms with Crippen molar-refractivity contribution in [1.29, 1.82) is 0 Å². The fourth-order valence-corrected chi connectivity index (χ4v) is 1.58. The number of carboxylic acids is 1. The van der Waals surface area contributed by atoms with Gasteiger partial charge in [-0.2, -0.15) is 13.2 Å². The van der Waals surface area contributed by atoms with Gasteiger partial charge in [0.25, 0.3) is 0 Å². The zero-order valence-corrected chi connectivity index (χ0v) is 9.78. The molecule has 18 heavy (non-hydrogen) atoms. The largest absolute Gasteiger partial charge is 0.481 e. The maximum absolute atomic E-state index is 12.7. The Hall–Kier alpha value is -1.79. The maximum atomic E-state index is 12.7. The summed E-state index contributed by atoms with van der Waals surface area (Å²) < 4.78 is 42.7. The zero-order valence-electron chi connectivity index (χ0n) is 9.78. The van der Waals surface area contributed by atoms with Gasteiger partial charge >= 0.3 is 12.1 Å². The number of carboxylic acid groups (broad SMARTS) is 1. The number of aromatic nitrogens is 1. The number of carbonyl (C=O) groups is 1. The van der Waals surface area contributed by atoms with Gasteiger partial charge in [-0.25, -0.2) is 4.98 Å². The van der Waals surface area contributed by atoms with Gasteiger partial charge in [-0.15, -0.1) is 0 Å². The van der Waals surface area contributed by atoms with Crippen LogP contribution in [0.15, 0.2) is 12.3 Å². The van der Waals surface area contributed by atoms with Crippen molar-refractivity contribution >= 4 is 5.97 Å². The molecule has 0 saturated heterocycles. The first kappa shape index (κ1) is 14.3. The molecule has 1 aromatic heterocycles. The van der Waals surface area contributed by atoms with Crippen LogP contribution in [0.3, 0.4) is 0 Å². The van der Waals surface area contributed by atoms with Crippen molar-refractivity contribution in [2.75, 3.05) is 7.11 Å². The van der Waals surface area contributed by atoms with Crippen LogP contribution in [0.5, 0.6) is 5.88 Å². The molecule has 1 aromatic rings. The van der Waals surface area contributed by atoms with Crippen LogP contribution < -0.4 is 4.74 Å². The zero-order chi connectivity index (χ0) is 13.9. The molecule has 0 aliphatic heterocycles. The quantitative estimate of drug-likeness (QED) is 0.907. The van der Waals surface area contributed by atoms with Gasteiger partial charge in [0.1, 0.15) is 5.56 Å². The Balaban J connectivity index is 3.30. The second kappa shape index (κ2) is 5.24. The van der Waals surface area contributed by atoms with E-state index in [0.717, 1.165) is 19.4 Å². The number of hydrogen-bond donors (Lipinski definition) is 1. The molecular weight excluding hydrogens is 251 g/mol. The first-order valence-corrected chi connectivity index (χ1v) is 5.15. The number of alkyl halides is 3. The lowest BCUT2D eigenvalue weighted by Crippen LogP contribution is -2.14. The van der Waals surface area contributed by atoms with Crippen molar-refractivity contribution in [3.8, 4) is 5.88 Å². The lowest BCUT2D eigenvalue weighted by atomic mass is 9.97. The summed E-state index contributed by atoms with van der Waals surface area (Å²) in [6.45, 7) is 1.58. The third-order valence-electron chi connectivity index (χ3n) is 2.48. The molecule has 0 fully saturated rings. The third kappa shape index (κ3) is 2.91. The van der Waals surface area contributed by atoms with Gasteiger partial charge in [0.05, 0.1) is 13.0 Å². The minimum absolute atomic E-state index is 0.0122. The Morgan fingerprint density at radius 1 is 1.56 bits per heavy atom. The number of halogens is 3. The van der Waals surface area contributed by atoms with Gasteiger partial charge in [-0.05, 0) is 18.1 Å². The molecule has 0 aliphatic carbocycles. The highest BCUT2D eigenvalue weighted by Gasteiger charge is 2.36. The van der Waals surface area contributed by atoms with Crippen LogP contribution in [-0.2, 0) is 11.0 Å². The number of methoxy groups -OCH3 is 1. The van der Waals surface area contributed by atoms with Crippen molar-refractivity contribution < 1.29 is 27.8 Å². The topological polar surface area (TPSA) is 59.4 Å². The van der Waals surface area contributed by atoms with Crippen molar-refractivity contribution in [3.05, 3.63) is 23.4 Å². The number of ether oxygens (including phenoxy) is 1. The molecule has 7 heteroatoms. The summed E-state index contributed by atoms with van der Waals surface area (Å²) in [5.74, 6) is -2.76. The van der Waals surface area contributed by atoms with E-state index in [0.29, 0.717) is 0 Å². The van der Waals surface area contributed by atoms with Crippen LogP contribution in [0, 0.1) is 0 Å². The minimum Gasteiger partial charge on any atom is -0.481 e. The van der Waals surface area contributed by atoms with E-state index in [1.807, 2.05) is 0 Å². The molecule has 0 radical (unpaired) electrons. The lowest BCUT2D eigenvalue weighted by molar-refractivity contribution is -0.141. The van der Waals surface area contributed by atoms with Gasteiger partial charge in [0.2, 0.25) is 5.88 Å². The standard InChI is InChI=1S/C11H12F3NO3/c1-3-7(10(16)17)6-4-8(11(12,13)14)9(18-2)15-5-6/h4-5,7H,3H2,1-2H3,(H,16,17). The summed E-state index contributed by atoms with van der Waals surface area (Å²) in [6.07, 6.45) is -3.36. The van der Waals surface area contributed by atoms with Gasteiger partial charge in [0.15, 0.2) is 0 Å². The van der Waals surface area contributed by atoms with E-state index in [4.69, 9.17) is 5.11 Å². The average molecular weight is 263 g/mol. The molecule has 100 valence electrons. The molecule has 1 rings (SSSR count). The smallest absolute Gasteiger partial charge is 0.421 e. The minimum atomic E-state index is -4.63. The first-order chi connectivity index (χ1) is 8.31. The molecule has 1 unspecified atom stereocenters. The molecule has 0 aromatic carbocycles. The number of aliphatic carboxylic acids is 1. The second-order valence-electron chi connectivity index (χ2n) is 3.62. The maximum Gasteiger partial charge on any atom is 0.421 e. The van der Waals surface area contributed by atoms with Crippen LogP contribution in [0.1, 0.15) is 30.4 Å². The van der Waals surface area contributed by atoms with Crippen LogP contribution >= 0.6 is 0 Å². The summed E-state index contributed by atoms with van der Waals surface area (Å²) in [5, 5.41) is 8.91. The molecule has 0 bridgehead atoms. The van der Waals surface area contributed by atoms with Crippen molar-refractivity contribution in [2.24, 2.45) is 0 Å². The summed E-state index contributed by atoms with van der Waals surface area (Å²) >= 11 is 0. The van der Waals surface area contributed by atoms with E-state index < -0.39 is 29.5 Å². The SMILES string of the molecule is CCC(C(=O)O)c1cnc(OC)c(C(F)(F)F)c1. The Morgan fingerprint density at radius 2 is 2.17 bits per heavy atom. The number of rotatable bonds is 4. The van der Waals surface area contributed by atoms with E-state index in [1.54, 1.807) is 6.92 Å². The van der Waals surface area contributed by atoms with E-state index in [-0.39, 0.29) is 12.0 Å². The third-order valence-corrected chi connectivity index (χ3v) is 2.48. The average Bonchev–Trinajstić information content (AvgIpc) is 2.28. The van der Waals surface area contributed by atoms with Crippen LogP contribution in [-0.4, -0.2) is 23.2 Å². The molecule has 0 aliphatic rings. The van der Waals surface area contributed by atoms with Crippen molar-refractivity contribution in [2.45, 2.75) is 25.4 Å². The highest BCUT2D eigenvalue weighted by atomic mass is 19.4. The van der Waals surface area contributed by atoms with E-state index in [9.17, 15) is 18.0 Å². The summed E-state index contributed by atoms with van der Waals surface area (Å²) in [5.41, 5.74) is -1.06. The monoisotopic (exact) mass is 263 g/mol. The Morgan fingerprint density at radius 3 is 2.56 bits per heavy atom. The van der Waals surface area contributed by atoms with Gasteiger partial charge < -0.3 is 9.84 Å². The Bertz CT molecular complexity index is 446.